The van der Waals surface area contributed by atoms with Crippen molar-refractivity contribution in [1.82, 2.24) is 0 Å². The number of hydrogen-bond acceptors (Lipinski definition) is 5. The molecular formula is C32H54O5Si2. The van der Waals surface area contributed by atoms with Gasteiger partial charge in [-0.2, -0.15) is 0 Å². The minimum Gasteiger partial charge on any atom is -0.410 e. The maximum absolute atomic E-state index is 10.3. The number of rotatable bonds is 10. The van der Waals surface area contributed by atoms with Crippen LogP contribution in [-0.2, 0) is 31.4 Å². The van der Waals surface area contributed by atoms with Gasteiger partial charge in [-0.25, -0.2) is 0 Å². The molecule has 0 aromatic heterocycles. The first-order valence-electron chi connectivity index (χ1n) is 14.7. The summed E-state index contributed by atoms with van der Waals surface area (Å²) in [5.41, 5.74) is 7.35. The highest BCUT2D eigenvalue weighted by atomic mass is 28.4. The number of aryl methyl sites for hydroxylation is 1. The molecule has 1 N–H and O–H groups in total. The zero-order valence-corrected chi connectivity index (χ0v) is 28.4. The highest BCUT2D eigenvalue weighted by molar-refractivity contribution is 6.74. The van der Waals surface area contributed by atoms with Gasteiger partial charge in [0.2, 0.25) is 0 Å². The van der Waals surface area contributed by atoms with Gasteiger partial charge in [-0.3, -0.25) is 0 Å². The van der Waals surface area contributed by atoms with Gasteiger partial charge in [-0.15, -0.1) is 5.73 Å². The Balaban J connectivity index is 1.93. The number of ether oxygens (including phenoxy) is 2. The van der Waals surface area contributed by atoms with Crippen molar-refractivity contribution < 1.29 is 23.4 Å². The summed E-state index contributed by atoms with van der Waals surface area (Å²) in [6.45, 7) is 23.6. The Labute approximate surface area is 240 Å². The van der Waals surface area contributed by atoms with Crippen LogP contribution in [0.5, 0.6) is 0 Å². The summed E-state index contributed by atoms with van der Waals surface area (Å²) in [6, 6.07) is 8.64. The van der Waals surface area contributed by atoms with E-state index < -0.39 is 22.9 Å². The van der Waals surface area contributed by atoms with Crippen LogP contribution in [0, 0.1) is 5.92 Å². The molecule has 3 unspecified atom stereocenters. The lowest BCUT2D eigenvalue weighted by Gasteiger charge is -2.39. The van der Waals surface area contributed by atoms with Crippen molar-refractivity contribution >= 4 is 16.6 Å². The zero-order chi connectivity index (χ0) is 29.2. The molecule has 39 heavy (non-hydrogen) atoms. The number of methoxy groups -OCH3 is 1. The topological polar surface area (TPSA) is 57.2 Å². The molecule has 1 saturated heterocycles. The summed E-state index contributed by atoms with van der Waals surface area (Å²) < 4.78 is 25.1. The van der Waals surface area contributed by atoms with Crippen molar-refractivity contribution in [3.63, 3.8) is 0 Å². The second-order valence-corrected chi connectivity index (χ2v) is 24.1. The maximum atomic E-state index is 10.3. The molecule has 220 valence electrons. The summed E-state index contributed by atoms with van der Waals surface area (Å²) in [5.74, 6) is 0.144. The number of aliphatic hydroxyl groups excluding tert-OH is 1. The third-order valence-electron chi connectivity index (χ3n) is 9.38. The van der Waals surface area contributed by atoms with Crippen LogP contribution in [0.4, 0.5) is 0 Å². The van der Waals surface area contributed by atoms with Crippen LogP contribution in [0.2, 0.25) is 36.3 Å². The Bertz CT molecular complexity index is 1030. The molecule has 1 aromatic carbocycles. The van der Waals surface area contributed by atoms with Crippen LogP contribution >= 0.6 is 0 Å². The van der Waals surface area contributed by atoms with Gasteiger partial charge in [0.1, 0.15) is 0 Å². The molecule has 0 bridgehead atoms. The first-order chi connectivity index (χ1) is 17.9. The molecule has 5 nitrogen and oxygen atoms in total. The molecule has 2 aliphatic rings. The molecule has 2 fully saturated rings. The van der Waals surface area contributed by atoms with Gasteiger partial charge in [-0.1, -0.05) is 65.8 Å². The van der Waals surface area contributed by atoms with Crippen LogP contribution in [0.15, 0.2) is 41.6 Å². The highest BCUT2D eigenvalue weighted by Crippen LogP contribution is 2.47. The second kappa shape index (κ2) is 12.5. The lowest BCUT2D eigenvalue weighted by Crippen LogP contribution is -2.44. The predicted molar refractivity (Wildman–Crippen MR) is 165 cm³/mol. The van der Waals surface area contributed by atoms with E-state index in [1.54, 1.807) is 7.11 Å². The largest absolute Gasteiger partial charge is 0.410 e. The van der Waals surface area contributed by atoms with E-state index >= 15 is 0 Å². The molecular weight excluding hydrogens is 521 g/mol. The molecule has 1 aliphatic carbocycles. The molecule has 1 aromatic rings. The SMILES string of the molecule is COCc1cccc(CCC(C=C=C2[C@H]3CC(O)OC3C[C@H]2O[Si](C)(C)C(C)(C)C)O[Si](C)(C)C(C)(C)C)c1. The summed E-state index contributed by atoms with van der Waals surface area (Å²) in [4.78, 5) is 0. The van der Waals surface area contributed by atoms with E-state index in [9.17, 15) is 5.11 Å². The van der Waals surface area contributed by atoms with E-state index in [1.165, 1.54) is 11.1 Å². The van der Waals surface area contributed by atoms with Gasteiger partial charge in [0.05, 0.1) is 24.9 Å². The number of hydrogen-bond donors (Lipinski definition) is 1. The molecule has 0 amide bonds. The third-order valence-corrected chi connectivity index (χ3v) is 18.4. The molecule has 0 radical (unpaired) electrons. The fraction of sp³-hybridized carbons (Fsp3) is 0.719. The summed E-state index contributed by atoms with van der Waals surface area (Å²) in [6.07, 6.45) is 4.56. The van der Waals surface area contributed by atoms with Gasteiger partial charge in [0.15, 0.2) is 22.9 Å². The minimum absolute atomic E-state index is 0.00560. The van der Waals surface area contributed by atoms with Crippen molar-refractivity contribution in [2.75, 3.05) is 7.11 Å². The predicted octanol–water partition coefficient (Wildman–Crippen LogP) is 7.76. The second-order valence-electron chi connectivity index (χ2n) is 14.5. The van der Waals surface area contributed by atoms with Crippen LogP contribution in [0.1, 0.15) is 71.9 Å². The lowest BCUT2D eigenvalue weighted by atomic mass is 9.98. The van der Waals surface area contributed by atoms with E-state index in [2.05, 4.69) is 104 Å². The smallest absolute Gasteiger partial charge is 0.192 e. The van der Waals surface area contributed by atoms with Crippen LogP contribution in [0.25, 0.3) is 0 Å². The molecule has 1 aliphatic heterocycles. The summed E-state index contributed by atoms with van der Waals surface area (Å²) in [7, 11) is -2.27. The molecule has 1 heterocycles. The van der Waals surface area contributed by atoms with Crippen molar-refractivity contribution in [3.8, 4) is 0 Å². The first-order valence-corrected chi connectivity index (χ1v) is 20.5. The van der Waals surface area contributed by atoms with E-state index in [0.29, 0.717) is 13.0 Å². The summed E-state index contributed by atoms with van der Waals surface area (Å²) >= 11 is 0. The van der Waals surface area contributed by atoms with Crippen molar-refractivity contribution in [2.45, 2.75) is 135 Å². The third kappa shape index (κ3) is 8.26. The molecule has 1 saturated carbocycles. The molecule has 7 heteroatoms. The average Bonchev–Trinajstić information content (AvgIpc) is 3.29. The summed E-state index contributed by atoms with van der Waals surface area (Å²) in [5, 5.41) is 10.5. The Kier molecular flexibility index (Phi) is 10.4. The van der Waals surface area contributed by atoms with Gasteiger partial charge < -0.3 is 23.4 Å². The van der Waals surface area contributed by atoms with Crippen LogP contribution in [0.3, 0.4) is 0 Å². The standard InChI is InChI=1S/C32H54O5Si2/c1-31(2,3)38(8,9)36-25(16-15-23-13-12-14-24(19-23)22-34-7)17-18-26-27-20-30(33)35-28(27)21-29(26)37-39(10,11)32(4,5)6/h12-14,17,19,25,27-30,33H,15-16,20-22H2,1-11H3/t18?,25?,27-,28?,29-,30?/m1/s1. The quantitative estimate of drug-likeness (QED) is 0.229. The molecule has 3 rings (SSSR count). The van der Waals surface area contributed by atoms with E-state index in [4.69, 9.17) is 18.3 Å². The maximum Gasteiger partial charge on any atom is 0.192 e. The Morgan fingerprint density at radius 3 is 2.28 bits per heavy atom. The normalized spacial score (nSPS) is 25.0. The van der Waals surface area contributed by atoms with Gasteiger partial charge >= 0.3 is 0 Å². The van der Waals surface area contributed by atoms with Crippen molar-refractivity contribution in [1.29, 1.82) is 0 Å². The minimum atomic E-state index is -2.01. The van der Waals surface area contributed by atoms with Crippen LogP contribution in [-0.4, -0.2) is 53.5 Å². The van der Waals surface area contributed by atoms with E-state index in [-0.39, 0.29) is 34.3 Å². The highest BCUT2D eigenvalue weighted by Gasteiger charge is 2.50. The average molecular weight is 575 g/mol. The number of fused-ring (bicyclic) bond motifs is 1. The lowest BCUT2D eigenvalue weighted by molar-refractivity contribution is -0.0942. The Morgan fingerprint density at radius 2 is 1.67 bits per heavy atom. The Morgan fingerprint density at radius 1 is 1.03 bits per heavy atom. The monoisotopic (exact) mass is 574 g/mol. The fourth-order valence-electron chi connectivity index (χ4n) is 4.96. The van der Waals surface area contributed by atoms with Crippen molar-refractivity contribution in [2.24, 2.45) is 5.92 Å². The van der Waals surface area contributed by atoms with Crippen molar-refractivity contribution in [3.05, 3.63) is 52.8 Å². The fourth-order valence-corrected chi connectivity index (χ4v) is 7.54. The van der Waals surface area contributed by atoms with Gasteiger partial charge in [0, 0.05) is 31.4 Å². The van der Waals surface area contributed by atoms with E-state index in [1.807, 2.05) is 0 Å². The number of aliphatic hydroxyl groups is 1. The van der Waals surface area contributed by atoms with Crippen LogP contribution < -0.4 is 0 Å². The van der Waals surface area contributed by atoms with Gasteiger partial charge in [-0.05, 0) is 66.3 Å². The zero-order valence-electron chi connectivity index (χ0n) is 26.4. The number of benzene rings is 1. The molecule has 5 atom stereocenters. The van der Waals surface area contributed by atoms with E-state index in [0.717, 1.165) is 24.8 Å². The molecule has 0 spiro atoms. The van der Waals surface area contributed by atoms with Gasteiger partial charge in [0.25, 0.3) is 0 Å². The first kappa shape index (κ1) is 32.5. The Hall–Kier alpha value is -1.03.